The summed E-state index contributed by atoms with van der Waals surface area (Å²) in [5, 5.41) is 11.4. The summed E-state index contributed by atoms with van der Waals surface area (Å²) in [5.41, 5.74) is 5.15. The van der Waals surface area contributed by atoms with E-state index in [2.05, 4.69) is 4.40 Å². The number of hydrogen-bond acceptors (Lipinski definition) is 6. The zero-order valence-electron chi connectivity index (χ0n) is 22.8. The molecule has 1 unspecified atom stereocenters. The van der Waals surface area contributed by atoms with E-state index in [4.69, 9.17) is 5.73 Å². The maximum Gasteiger partial charge on any atom is 0.283 e. The molecule has 0 bridgehead atoms. The van der Waals surface area contributed by atoms with E-state index in [0.29, 0.717) is 5.56 Å². The molecule has 10 nitrogen and oxygen atoms in total. The van der Waals surface area contributed by atoms with Gasteiger partial charge in [0.1, 0.15) is 33.7 Å². The van der Waals surface area contributed by atoms with Crippen molar-refractivity contribution >= 4 is 33.5 Å². The highest BCUT2D eigenvalue weighted by molar-refractivity contribution is 7.90. The predicted octanol–water partition coefficient (Wildman–Crippen LogP) is 2.67. The molecule has 212 valence electrons. The second-order valence-electron chi connectivity index (χ2n) is 11.1. The number of fused-ring (bicyclic) bond motifs is 1. The predicted molar refractivity (Wildman–Crippen MR) is 145 cm³/mol. The molecule has 0 saturated heterocycles. The van der Waals surface area contributed by atoms with Gasteiger partial charge in [0, 0.05) is 25.7 Å². The lowest BCUT2D eigenvalue weighted by atomic mass is 9.84. The van der Waals surface area contributed by atoms with Crippen LogP contribution in [-0.4, -0.2) is 59.8 Å². The lowest BCUT2D eigenvalue weighted by Crippen LogP contribution is -2.43. The Morgan fingerprint density at radius 1 is 1.18 bits per heavy atom. The van der Waals surface area contributed by atoms with Gasteiger partial charge in [-0.15, -0.1) is 0 Å². The molecular weight excluding hydrogens is 539 g/mol. The maximum atomic E-state index is 13.8. The Kier molecular flexibility index (Phi) is 7.35. The third-order valence-corrected chi connectivity index (χ3v) is 8.45. The normalized spacial score (nSPS) is 18.9. The van der Waals surface area contributed by atoms with Crippen LogP contribution in [0.2, 0.25) is 0 Å². The van der Waals surface area contributed by atoms with Gasteiger partial charge in [0.2, 0.25) is 11.8 Å². The number of primary amides is 1. The molecule has 12 heteroatoms. The molecule has 3 N–H and O–H groups in total. The lowest BCUT2D eigenvalue weighted by molar-refractivity contribution is -0.139. The first-order valence-corrected chi connectivity index (χ1v) is 14.0. The van der Waals surface area contributed by atoms with Crippen molar-refractivity contribution in [2.75, 3.05) is 7.05 Å². The molecule has 0 radical (unpaired) electrons. The third-order valence-electron chi connectivity index (χ3n) is 7.03. The monoisotopic (exact) mass is 570 g/mol. The van der Waals surface area contributed by atoms with Gasteiger partial charge in [0.15, 0.2) is 0 Å². The fourth-order valence-corrected chi connectivity index (χ4v) is 6.51. The fourth-order valence-electron chi connectivity index (χ4n) is 5.09. The summed E-state index contributed by atoms with van der Waals surface area (Å²) in [4.78, 5) is 40.3. The minimum absolute atomic E-state index is 0.0481. The summed E-state index contributed by atoms with van der Waals surface area (Å²) < 4.78 is 44.0. The highest BCUT2D eigenvalue weighted by Gasteiger charge is 2.49. The number of carbonyl (C=O) groups is 3. The van der Waals surface area contributed by atoms with Gasteiger partial charge < -0.3 is 20.6 Å². The van der Waals surface area contributed by atoms with Gasteiger partial charge in [-0.25, -0.2) is 4.39 Å². The van der Waals surface area contributed by atoms with Crippen molar-refractivity contribution in [3.05, 3.63) is 76.3 Å². The van der Waals surface area contributed by atoms with Gasteiger partial charge in [-0.3, -0.25) is 14.4 Å². The van der Waals surface area contributed by atoms with Crippen molar-refractivity contribution in [2.24, 2.45) is 21.5 Å². The topological polar surface area (TPSA) is 150 Å². The molecule has 2 atom stereocenters. The first-order chi connectivity index (χ1) is 18.5. The Hall–Kier alpha value is -4.06. The van der Waals surface area contributed by atoms with E-state index in [1.54, 1.807) is 6.07 Å². The zero-order valence-corrected chi connectivity index (χ0v) is 23.6. The number of nitrogens with zero attached hydrogens (tertiary/aromatic N) is 3. The highest BCUT2D eigenvalue weighted by Crippen LogP contribution is 2.41. The molecule has 2 aromatic rings. The molecule has 2 aliphatic heterocycles. The Morgan fingerprint density at radius 2 is 1.80 bits per heavy atom. The van der Waals surface area contributed by atoms with Gasteiger partial charge in [-0.2, -0.15) is 12.8 Å². The molecule has 40 heavy (non-hydrogen) atoms. The minimum Gasteiger partial charge on any atom is -0.509 e. The standard InChI is InChI=1S/C28H31FN4O6S/c1-15(25(30)35)26(36)32(5)14-17-7-6-8-19-21(31-40(38,39)23(17)19)20-22(34)24(28(2,3)4)33(27(20)37)13-16-9-11-18(29)12-10-16/h6-12,15,24,34H,13-14H2,1-5H3,(H2,30,35)/t15?,24-/m1/s1. The summed E-state index contributed by atoms with van der Waals surface area (Å²) in [6, 6.07) is 9.36. The first kappa shape index (κ1) is 28.9. The zero-order chi connectivity index (χ0) is 29.7. The van der Waals surface area contributed by atoms with Gasteiger partial charge in [-0.1, -0.05) is 51.1 Å². The summed E-state index contributed by atoms with van der Waals surface area (Å²) >= 11 is 0. The van der Waals surface area contributed by atoms with Gasteiger partial charge in [0.25, 0.3) is 15.9 Å². The van der Waals surface area contributed by atoms with E-state index in [1.165, 1.54) is 60.2 Å². The highest BCUT2D eigenvalue weighted by atomic mass is 32.2. The van der Waals surface area contributed by atoms with E-state index >= 15 is 0 Å². The summed E-state index contributed by atoms with van der Waals surface area (Å²) in [7, 11) is -2.89. The van der Waals surface area contributed by atoms with E-state index in [1.807, 2.05) is 20.8 Å². The average Bonchev–Trinajstić information content (AvgIpc) is 3.28. The SMILES string of the molecule is CC(C(N)=O)C(=O)N(C)Cc1cccc2c1S(=O)(=O)N=C2C1=C(O)[C@H](C(C)(C)C)N(Cc2ccc(F)cc2)C1=O. The number of amides is 3. The van der Waals surface area contributed by atoms with Crippen molar-refractivity contribution < 1.29 is 32.3 Å². The van der Waals surface area contributed by atoms with Crippen LogP contribution in [0.15, 0.2) is 63.1 Å². The number of sulfonamides is 1. The Balaban J connectivity index is 1.76. The van der Waals surface area contributed by atoms with E-state index in [9.17, 15) is 32.3 Å². The molecule has 0 saturated carbocycles. The van der Waals surface area contributed by atoms with Crippen molar-refractivity contribution in [1.29, 1.82) is 0 Å². The number of hydrogen-bond donors (Lipinski definition) is 2. The lowest BCUT2D eigenvalue weighted by Gasteiger charge is -2.35. The van der Waals surface area contributed by atoms with Gasteiger partial charge in [0.05, 0.1) is 6.04 Å². The summed E-state index contributed by atoms with van der Waals surface area (Å²) in [6.45, 7) is 6.75. The van der Waals surface area contributed by atoms with Crippen LogP contribution in [0.4, 0.5) is 4.39 Å². The molecule has 2 aromatic carbocycles. The summed E-state index contributed by atoms with van der Waals surface area (Å²) in [5.74, 6) is -3.86. The molecular formula is C28H31FN4O6S. The van der Waals surface area contributed by atoms with Crippen LogP contribution in [0.25, 0.3) is 0 Å². The number of aliphatic hydroxyl groups is 1. The van der Waals surface area contributed by atoms with Crippen molar-refractivity contribution in [3.8, 4) is 0 Å². The van der Waals surface area contributed by atoms with Crippen molar-refractivity contribution in [3.63, 3.8) is 0 Å². The number of benzene rings is 2. The van der Waals surface area contributed by atoms with Crippen LogP contribution in [0.3, 0.4) is 0 Å². The first-order valence-electron chi connectivity index (χ1n) is 12.5. The van der Waals surface area contributed by atoms with Crippen LogP contribution in [0, 0.1) is 17.2 Å². The van der Waals surface area contributed by atoms with Crippen LogP contribution in [0.5, 0.6) is 0 Å². The quantitative estimate of drug-likeness (QED) is 0.489. The molecule has 4 rings (SSSR count). The number of rotatable bonds is 7. The van der Waals surface area contributed by atoms with Gasteiger partial charge in [-0.05, 0) is 35.6 Å². The molecule has 2 aliphatic rings. The van der Waals surface area contributed by atoms with Crippen LogP contribution < -0.4 is 5.73 Å². The Morgan fingerprint density at radius 3 is 2.38 bits per heavy atom. The van der Waals surface area contributed by atoms with E-state index < -0.39 is 50.9 Å². The van der Waals surface area contributed by atoms with Crippen LogP contribution >= 0.6 is 0 Å². The second-order valence-corrected chi connectivity index (χ2v) is 12.7. The molecule has 0 spiro atoms. The molecule has 0 aromatic heterocycles. The largest absolute Gasteiger partial charge is 0.509 e. The average molecular weight is 571 g/mol. The number of aliphatic hydroxyl groups excluding tert-OH is 1. The number of carbonyl (C=O) groups excluding carboxylic acids is 3. The van der Waals surface area contributed by atoms with Crippen molar-refractivity contribution in [1.82, 2.24) is 9.80 Å². The Labute approximate surface area is 232 Å². The number of nitrogens with two attached hydrogens (primary N) is 1. The minimum atomic E-state index is -4.31. The fraction of sp³-hybridized carbons (Fsp3) is 0.357. The molecule has 3 amide bonds. The van der Waals surface area contributed by atoms with Gasteiger partial charge >= 0.3 is 0 Å². The van der Waals surface area contributed by atoms with Crippen LogP contribution in [-0.2, 0) is 37.5 Å². The molecule has 0 fully saturated rings. The van der Waals surface area contributed by atoms with E-state index in [0.717, 1.165) is 0 Å². The molecule has 0 aliphatic carbocycles. The summed E-state index contributed by atoms with van der Waals surface area (Å²) in [6.07, 6.45) is 0. The Bertz CT molecular complexity index is 1570. The smallest absolute Gasteiger partial charge is 0.283 e. The van der Waals surface area contributed by atoms with Crippen molar-refractivity contribution in [2.45, 2.75) is 51.7 Å². The van der Waals surface area contributed by atoms with Crippen LogP contribution in [0.1, 0.15) is 44.4 Å². The maximum absolute atomic E-state index is 13.8. The second kappa shape index (κ2) is 10.2. The number of halogens is 1. The van der Waals surface area contributed by atoms with E-state index in [-0.39, 0.29) is 46.2 Å². The third kappa shape index (κ3) is 5.10. The molecule has 2 heterocycles.